The molecule has 0 aliphatic carbocycles. The van der Waals surface area contributed by atoms with Crippen molar-refractivity contribution in [3.63, 3.8) is 0 Å². The van der Waals surface area contributed by atoms with Crippen LogP contribution in [0.4, 0.5) is 0 Å². The van der Waals surface area contributed by atoms with Crippen LogP contribution in [-0.2, 0) is 17.9 Å². The van der Waals surface area contributed by atoms with Crippen LogP contribution in [0.5, 0.6) is 0 Å². The van der Waals surface area contributed by atoms with E-state index in [2.05, 4.69) is 46.2 Å². The molecule has 2 fully saturated rings. The maximum absolute atomic E-state index is 12.1. The van der Waals surface area contributed by atoms with Crippen LogP contribution in [0.1, 0.15) is 30.4 Å². The van der Waals surface area contributed by atoms with Gasteiger partial charge in [-0.2, -0.15) is 5.10 Å². The summed E-state index contributed by atoms with van der Waals surface area (Å²) >= 11 is 0. The van der Waals surface area contributed by atoms with E-state index in [-0.39, 0.29) is 6.04 Å². The molecule has 0 unspecified atom stereocenters. The van der Waals surface area contributed by atoms with Gasteiger partial charge < -0.3 is 10.0 Å². The number of fused-ring (bicyclic) bond motifs is 1. The topological polar surface area (TPSA) is 61.6 Å². The Morgan fingerprint density at radius 1 is 1.19 bits per heavy atom. The maximum atomic E-state index is 12.1. The van der Waals surface area contributed by atoms with Crippen molar-refractivity contribution < 1.29 is 9.90 Å². The summed E-state index contributed by atoms with van der Waals surface area (Å²) in [6.07, 6.45) is 6.30. The molecule has 6 heteroatoms. The van der Waals surface area contributed by atoms with Gasteiger partial charge >= 0.3 is 5.97 Å². The van der Waals surface area contributed by atoms with Gasteiger partial charge in [-0.15, -0.1) is 0 Å². The van der Waals surface area contributed by atoms with E-state index in [4.69, 9.17) is 0 Å². The molecule has 0 bridgehead atoms. The number of nitrogens with zero attached hydrogens (tertiary/aromatic N) is 4. The molecule has 1 aromatic heterocycles. The van der Waals surface area contributed by atoms with Crippen molar-refractivity contribution in [1.29, 1.82) is 0 Å². The summed E-state index contributed by atoms with van der Waals surface area (Å²) < 4.78 is 1.94. The number of likely N-dealkylation sites (tertiary alicyclic amines) is 2. The zero-order chi connectivity index (χ0) is 18.9. The number of benzene rings is 1. The van der Waals surface area contributed by atoms with Crippen molar-refractivity contribution in [2.45, 2.75) is 38.4 Å². The standard InChI is InChI=1S/C21H28N4O2/c1-23-11-4-8-21(20(26)27)9-13-24(16-19(21)23)14-17-6-2-3-7-18(17)15-25-12-5-10-22-25/h2-3,5-7,10,12,19H,4,8-9,11,13-16H2,1H3,(H,26,27)/t19-,21+/m1/s1. The Labute approximate surface area is 160 Å². The third kappa shape index (κ3) is 3.51. The van der Waals surface area contributed by atoms with E-state index in [9.17, 15) is 9.90 Å². The predicted molar refractivity (Wildman–Crippen MR) is 103 cm³/mol. The molecule has 0 radical (unpaired) electrons. The van der Waals surface area contributed by atoms with Crippen LogP contribution in [0.15, 0.2) is 42.7 Å². The Balaban J connectivity index is 1.51. The Morgan fingerprint density at radius 3 is 2.67 bits per heavy atom. The molecule has 6 nitrogen and oxygen atoms in total. The smallest absolute Gasteiger partial charge is 0.311 e. The zero-order valence-electron chi connectivity index (χ0n) is 15.9. The van der Waals surface area contributed by atoms with Crippen LogP contribution in [0.3, 0.4) is 0 Å². The molecule has 2 saturated heterocycles. The highest BCUT2D eigenvalue weighted by Crippen LogP contribution is 2.42. The van der Waals surface area contributed by atoms with Gasteiger partial charge in [0, 0.05) is 31.5 Å². The summed E-state index contributed by atoms with van der Waals surface area (Å²) in [7, 11) is 2.08. The predicted octanol–water partition coefficient (Wildman–Crippen LogP) is 2.30. The number of carbonyl (C=O) groups is 1. The number of piperidine rings is 2. The second-order valence-electron chi connectivity index (χ2n) is 8.02. The summed E-state index contributed by atoms with van der Waals surface area (Å²) in [5, 5.41) is 14.3. The SMILES string of the molecule is CN1CCC[C@]2(C(=O)O)CCN(Cc3ccccc3Cn3cccn3)C[C@@H]12. The quantitative estimate of drug-likeness (QED) is 0.877. The first-order valence-corrected chi connectivity index (χ1v) is 9.79. The average molecular weight is 368 g/mol. The van der Waals surface area contributed by atoms with Gasteiger partial charge in [0.2, 0.25) is 0 Å². The summed E-state index contributed by atoms with van der Waals surface area (Å²) in [6, 6.07) is 10.5. The molecule has 27 heavy (non-hydrogen) atoms. The number of hydrogen-bond acceptors (Lipinski definition) is 4. The van der Waals surface area contributed by atoms with Crippen molar-refractivity contribution in [3.05, 3.63) is 53.9 Å². The molecule has 144 valence electrons. The number of carboxylic acid groups (broad SMARTS) is 1. The van der Waals surface area contributed by atoms with Crippen molar-refractivity contribution in [2.24, 2.45) is 5.41 Å². The second-order valence-corrected chi connectivity index (χ2v) is 8.02. The second kappa shape index (κ2) is 7.44. The first-order valence-electron chi connectivity index (χ1n) is 9.79. The summed E-state index contributed by atoms with van der Waals surface area (Å²) in [5.74, 6) is -0.613. The van der Waals surface area contributed by atoms with Crippen molar-refractivity contribution in [2.75, 3.05) is 26.7 Å². The lowest BCUT2D eigenvalue weighted by Crippen LogP contribution is -2.62. The highest BCUT2D eigenvalue weighted by atomic mass is 16.4. The number of aliphatic carboxylic acids is 1. The van der Waals surface area contributed by atoms with Gasteiger partial charge in [-0.3, -0.25) is 14.4 Å². The van der Waals surface area contributed by atoms with Gasteiger partial charge in [0.05, 0.1) is 12.0 Å². The minimum atomic E-state index is -0.613. The number of hydrogen-bond donors (Lipinski definition) is 1. The van der Waals surface area contributed by atoms with Crippen LogP contribution in [0.25, 0.3) is 0 Å². The van der Waals surface area contributed by atoms with E-state index >= 15 is 0 Å². The highest BCUT2D eigenvalue weighted by molar-refractivity contribution is 5.76. The lowest BCUT2D eigenvalue weighted by atomic mass is 9.68. The Morgan fingerprint density at radius 2 is 1.96 bits per heavy atom. The third-order valence-electron chi connectivity index (χ3n) is 6.44. The van der Waals surface area contributed by atoms with Gasteiger partial charge in [0.25, 0.3) is 0 Å². The molecule has 0 amide bonds. The fourth-order valence-electron chi connectivity index (χ4n) is 4.86. The first-order chi connectivity index (χ1) is 13.1. The molecule has 4 rings (SSSR count). The first kappa shape index (κ1) is 18.2. The van der Waals surface area contributed by atoms with E-state index in [1.54, 1.807) is 6.20 Å². The van der Waals surface area contributed by atoms with E-state index in [0.717, 1.165) is 52.0 Å². The molecule has 1 aromatic carbocycles. The molecule has 0 saturated carbocycles. The van der Waals surface area contributed by atoms with Gasteiger partial charge in [0.1, 0.15) is 0 Å². The number of likely N-dealkylation sites (N-methyl/N-ethyl adjacent to an activating group) is 1. The van der Waals surface area contributed by atoms with Crippen molar-refractivity contribution in [1.82, 2.24) is 19.6 Å². The van der Waals surface area contributed by atoms with E-state index in [0.29, 0.717) is 0 Å². The Kier molecular flexibility index (Phi) is 5.02. The normalized spacial score (nSPS) is 26.6. The molecule has 2 aliphatic heterocycles. The van der Waals surface area contributed by atoms with Gasteiger partial charge in [-0.25, -0.2) is 0 Å². The number of carboxylic acids is 1. The third-order valence-corrected chi connectivity index (χ3v) is 6.44. The Bertz CT molecular complexity index is 791. The summed E-state index contributed by atoms with van der Waals surface area (Å²) in [5.41, 5.74) is 2.00. The lowest BCUT2D eigenvalue weighted by Gasteiger charge is -2.52. The molecular weight excluding hydrogens is 340 g/mol. The molecule has 2 aliphatic rings. The van der Waals surface area contributed by atoms with E-state index in [1.807, 2.05) is 16.9 Å². The van der Waals surface area contributed by atoms with Gasteiger partial charge in [-0.1, -0.05) is 24.3 Å². The van der Waals surface area contributed by atoms with E-state index in [1.165, 1.54) is 11.1 Å². The van der Waals surface area contributed by atoms with Crippen LogP contribution in [-0.4, -0.2) is 63.4 Å². The summed E-state index contributed by atoms with van der Waals surface area (Å²) in [4.78, 5) is 16.8. The van der Waals surface area contributed by atoms with Crippen LogP contribution < -0.4 is 0 Å². The molecular formula is C21H28N4O2. The monoisotopic (exact) mass is 368 g/mol. The van der Waals surface area contributed by atoms with E-state index < -0.39 is 11.4 Å². The van der Waals surface area contributed by atoms with Gasteiger partial charge in [-0.05, 0) is 56.6 Å². The minimum Gasteiger partial charge on any atom is -0.481 e. The zero-order valence-corrected chi connectivity index (χ0v) is 15.9. The van der Waals surface area contributed by atoms with Crippen LogP contribution in [0.2, 0.25) is 0 Å². The van der Waals surface area contributed by atoms with Crippen molar-refractivity contribution >= 4 is 5.97 Å². The van der Waals surface area contributed by atoms with Crippen LogP contribution >= 0.6 is 0 Å². The molecule has 0 spiro atoms. The molecule has 2 aromatic rings. The lowest BCUT2D eigenvalue weighted by molar-refractivity contribution is -0.162. The molecule has 2 atom stereocenters. The highest BCUT2D eigenvalue weighted by Gasteiger charge is 2.52. The van der Waals surface area contributed by atoms with Gasteiger partial charge in [0.15, 0.2) is 0 Å². The maximum Gasteiger partial charge on any atom is 0.311 e. The number of aromatic nitrogens is 2. The molecule has 1 N–H and O–H groups in total. The van der Waals surface area contributed by atoms with Crippen molar-refractivity contribution in [3.8, 4) is 0 Å². The van der Waals surface area contributed by atoms with Crippen LogP contribution in [0, 0.1) is 5.41 Å². The minimum absolute atomic E-state index is 0.0933. The molecule has 3 heterocycles. The fourth-order valence-corrected chi connectivity index (χ4v) is 4.86. The Hall–Kier alpha value is -2.18. The fraction of sp³-hybridized carbons (Fsp3) is 0.524. The summed E-state index contributed by atoms with van der Waals surface area (Å²) in [6.45, 7) is 4.27. The number of rotatable bonds is 5. The largest absolute Gasteiger partial charge is 0.481 e. The average Bonchev–Trinajstić information content (AvgIpc) is 3.17.